The number of nitrogens with one attached hydrogen (secondary N) is 2. The molecule has 33 heavy (non-hydrogen) atoms. The minimum Gasteiger partial charge on any atom is -0.497 e. The van der Waals surface area contributed by atoms with Crippen LogP contribution in [0.5, 0.6) is 17.4 Å². The number of ether oxygens (including phenoxy) is 2. The molecular formula is C21H19F3N4O4S. The second-order valence-electron chi connectivity index (χ2n) is 6.95. The van der Waals surface area contributed by atoms with Crippen molar-refractivity contribution in [2.45, 2.75) is 18.0 Å². The van der Waals surface area contributed by atoms with Gasteiger partial charge in [-0.15, -0.1) is 10.2 Å². The fourth-order valence-corrected chi connectivity index (χ4v) is 3.56. The highest BCUT2D eigenvalue weighted by molar-refractivity contribution is 7.91. The maximum absolute atomic E-state index is 13.4. The van der Waals surface area contributed by atoms with Gasteiger partial charge >= 0.3 is 6.18 Å². The topological polar surface area (TPSA) is 114 Å². The quantitative estimate of drug-likeness (QED) is 0.519. The summed E-state index contributed by atoms with van der Waals surface area (Å²) in [6, 6.07) is 11.8. The summed E-state index contributed by atoms with van der Waals surface area (Å²) >= 11 is 0. The van der Waals surface area contributed by atoms with E-state index in [9.17, 15) is 22.2 Å². The molecule has 0 aliphatic carbocycles. The van der Waals surface area contributed by atoms with E-state index in [2.05, 4.69) is 15.5 Å². The average Bonchev–Trinajstić information content (AvgIpc) is 2.73. The molecule has 0 radical (unpaired) electrons. The van der Waals surface area contributed by atoms with Crippen molar-refractivity contribution in [3.05, 3.63) is 65.4 Å². The summed E-state index contributed by atoms with van der Waals surface area (Å²) in [5, 5.41) is 9.16. The Morgan fingerprint density at radius 2 is 1.73 bits per heavy atom. The van der Waals surface area contributed by atoms with Crippen molar-refractivity contribution in [1.82, 2.24) is 10.2 Å². The van der Waals surface area contributed by atoms with Crippen molar-refractivity contribution in [3.63, 3.8) is 0 Å². The van der Waals surface area contributed by atoms with Crippen molar-refractivity contribution in [1.29, 1.82) is 4.78 Å². The molecule has 2 N–H and O–H groups in total. The molecule has 174 valence electrons. The summed E-state index contributed by atoms with van der Waals surface area (Å²) in [6.45, 7) is 1.09. The van der Waals surface area contributed by atoms with Gasteiger partial charge in [0.15, 0.2) is 5.69 Å². The van der Waals surface area contributed by atoms with Crippen LogP contribution < -0.4 is 14.8 Å². The van der Waals surface area contributed by atoms with Crippen LogP contribution in [0.4, 0.5) is 18.9 Å². The number of aromatic nitrogens is 2. The van der Waals surface area contributed by atoms with Gasteiger partial charge in [-0.25, -0.2) is 8.99 Å². The summed E-state index contributed by atoms with van der Waals surface area (Å²) < 4.78 is 70.5. The molecule has 0 spiro atoms. The van der Waals surface area contributed by atoms with E-state index in [0.29, 0.717) is 5.75 Å². The van der Waals surface area contributed by atoms with E-state index in [0.717, 1.165) is 6.92 Å². The Kier molecular flexibility index (Phi) is 6.58. The van der Waals surface area contributed by atoms with E-state index in [-0.39, 0.29) is 16.3 Å². The first kappa shape index (κ1) is 24.0. The Labute approximate surface area is 187 Å². The molecule has 1 heterocycles. The van der Waals surface area contributed by atoms with Crippen molar-refractivity contribution in [2.75, 3.05) is 18.7 Å². The molecule has 12 heteroatoms. The molecular weight excluding hydrogens is 461 g/mol. The van der Waals surface area contributed by atoms with Crippen LogP contribution in [0.1, 0.15) is 21.6 Å². The molecule has 3 rings (SSSR count). The molecule has 0 aliphatic rings. The smallest absolute Gasteiger partial charge is 0.435 e. The number of carbonyl (C=O) groups excluding carboxylic acids is 1. The van der Waals surface area contributed by atoms with E-state index in [1.807, 2.05) is 0 Å². The highest BCUT2D eigenvalue weighted by Gasteiger charge is 2.38. The summed E-state index contributed by atoms with van der Waals surface area (Å²) in [5.41, 5.74) is -2.14. The fraction of sp³-hybridized carbons (Fsp3) is 0.190. The Morgan fingerprint density at radius 3 is 2.30 bits per heavy atom. The number of methoxy groups -OCH3 is 1. The molecule has 1 aromatic heterocycles. The van der Waals surface area contributed by atoms with Gasteiger partial charge in [-0.3, -0.25) is 4.79 Å². The van der Waals surface area contributed by atoms with Gasteiger partial charge in [-0.05, 0) is 55.0 Å². The van der Waals surface area contributed by atoms with Crippen molar-refractivity contribution in [2.24, 2.45) is 0 Å². The Bertz CT molecular complexity index is 1290. The maximum Gasteiger partial charge on any atom is 0.435 e. The lowest BCUT2D eigenvalue weighted by molar-refractivity contribution is -0.142. The largest absolute Gasteiger partial charge is 0.497 e. The summed E-state index contributed by atoms with van der Waals surface area (Å²) in [5.74, 6) is -0.655. The van der Waals surface area contributed by atoms with Gasteiger partial charge in [-0.1, -0.05) is 6.07 Å². The second kappa shape index (κ2) is 9.06. The van der Waals surface area contributed by atoms with E-state index in [1.54, 1.807) is 12.1 Å². The van der Waals surface area contributed by atoms with Crippen molar-refractivity contribution < 1.29 is 31.6 Å². The molecule has 3 aromatic rings. The number of amides is 1. The normalized spacial score (nSPS) is 13.2. The van der Waals surface area contributed by atoms with Crippen LogP contribution >= 0.6 is 0 Å². The zero-order chi connectivity index (χ0) is 24.4. The number of hydrogen-bond acceptors (Lipinski definition) is 7. The van der Waals surface area contributed by atoms with E-state index < -0.39 is 44.5 Å². The van der Waals surface area contributed by atoms with Crippen LogP contribution in [-0.2, 0) is 15.9 Å². The fourth-order valence-electron chi connectivity index (χ4n) is 2.87. The number of nitrogens with zero attached hydrogens (tertiary/aromatic N) is 2. The first-order valence-corrected chi connectivity index (χ1v) is 11.3. The van der Waals surface area contributed by atoms with Crippen molar-refractivity contribution >= 4 is 21.3 Å². The molecule has 8 nitrogen and oxygen atoms in total. The third-order valence-corrected chi connectivity index (χ3v) is 5.65. The van der Waals surface area contributed by atoms with E-state index in [4.69, 9.17) is 14.3 Å². The first-order chi connectivity index (χ1) is 15.4. The summed E-state index contributed by atoms with van der Waals surface area (Å²) in [7, 11) is -1.60. The van der Waals surface area contributed by atoms with Crippen LogP contribution in [0.15, 0.2) is 53.4 Å². The van der Waals surface area contributed by atoms with Gasteiger partial charge in [-0.2, -0.15) is 13.2 Å². The summed E-state index contributed by atoms with van der Waals surface area (Å²) in [4.78, 5) is 13.2. The summed E-state index contributed by atoms with van der Waals surface area (Å²) in [6.07, 6.45) is -3.63. The number of anilines is 1. The number of rotatable bonds is 6. The number of hydrogen-bond donors (Lipinski definition) is 2. The maximum atomic E-state index is 13.4. The molecule has 1 amide bonds. The predicted octanol–water partition coefficient (Wildman–Crippen LogP) is 4.89. The Morgan fingerprint density at radius 1 is 1.09 bits per heavy atom. The zero-order valence-corrected chi connectivity index (χ0v) is 18.5. The number of carbonyl (C=O) groups is 1. The van der Waals surface area contributed by atoms with Crippen LogP contribution in [-0.4, -0.2) is 33.7 Å². The monoisotopic (exact) mass is 480 g/mol. The van der Waals surface area contributed by atoms with Gasteiger partial charge in [0.2, 0.25) is 0 Å². The predicted molar refractivity (Wildman–Crippen MR) is 114 cm³/mol. The van der Waals surface area contributed by atoms with E-state index >= 15 is 0 Å². The highest BCUT2D eigenvalue weighted by Crippen LogP contribution is 2.35. The minimum absolute atomic E-state index is 0.138. The zero-order valence-electron chi connectivity index (χ0n) is 17.7. The van der Waals surface area contributed by atoms with Crippen LogP contribution in [0.3, 0.4) is 0 Å². The molecule has 0 fully saturated rings. The number of alkyl halides is 3. The van der Waals surface area contributed by atoms with Crippen LogP contribution in [0, 0.1) is 11.7 Å². The van der Waals surface area contributed by atoms with Gasteiger partial charge < -0.3 is 14.8 Å². The molecule has 0 saturated heterocycles. The van der Waals surface area contributed by atoms with Crippen LogP contribution in [0.2, 0.25) is 0 Å². The molecule has 0 aliphatic heterocycles. The van der Waals surface area contributed by atoms with Gasteiger partial charge in [0.1, 0.15) is 17.1 Å². The highest BCUT2D eigenvalue weighted by atomic mass is 32.2. The molecule has 1 atom stereocenters. The van der Waals surface area contributed by atoms with Crippen molar-refractivity contribution in [3.8, 4) is 17.4 Å². The Hall–Kier alpha value is -3.67. The Balaban J connectivity index is 2.04. The molecule has 0 saturated carbocycles. The van der Waals surface area contributed by atoms with Gasteiger partial charge in [0.25, 0.3) is 11.8 Å². The van der Waals surface area contributed by atoms with E-state index in [1.165, 1.54) is 49.8 Å². The lowest BCUT2D eigenvalue weighted by atomic mass is 10.1. The SMILES string of the molecule is COc1ccc(Oc2nnc(C(F)(F)F)c(C)c2C(=O)Nc2cccc(S(C)(=N)=O)c2)cc1. The molecule has 0 bridgehead atoms. The lowest BCUT2D eigenvalue weighted by Crippen LogP contribution is -2.21. The third kappa shape index (κ3) is 5.58. The molecule has 1 unspecified atom stereocenters. The van der Waals surface area contributed by atoms with Gasteiger partial charge in [0, 0.05) is 16.8 Å². The number of benzene rings is 2. The minimum atomic E-state index is -4.84. The average molecular weight is 480 g/mol. The first-order valence-electron chi connectivity index (χ1n) is 9.31. The van der Waals surface area contributed by atoms with Gasteiger partial charge in [0.05, 0.1) is 16.8 Å². The second-order valence-corrected chi connectivity index (χ2v) is 9.11. The van der Waals surface area contributed by atoms with Crippen LogP contribution in [0.25, 0.3) is 0 Å². The lowest BCUT2D eigenvalue weighted by Gasteiger charge is -2.16. The number of halogens is 3. The molecule has 2 aromatic carbocycles. The standard InChI is InChI=1S/C21H19F3N4O4S/c1-12-17(19(29)26-13-5-4-6-16(11-13)33(3,25)30)20(28-27-18(12)21(22,23)24)32-15-9-7-14(31-2)8-10-15/h4-11,25H,1-3H3,(H,26,29). The third-order valence-electron chi connectivity index (χ3n) is 4.50.